The van der Waals surface area contributed by atoms with Gasteiger partial charge in [0.2, 0.25) is 10.8 Å². The number of amides is 1. The summed E-state index contributed by atoms with van der Waals surface area (Å²) in [5, 5.41) is 12.8. The molecule has 0 unspecified atom stereocenters. The molecule has 4 aromatic rings. The van der Waals surface area contributed by atoms with Gasteiger partial charge in [0.25, 0.3) is 11.5 Å². The van der Waals surface area contributed by atoms with Gasteiger partial charge in [-0.15, -0.1) is 0 Å². The van der Waals surface area contributed by atoms with Crippen LogP contribution in [-0.2, 0) is 0 Å². The molecule has 0 saturated carbocycles. The second-order valence-electron chi connectivity index (χ2n) is 5.46. The standard InChI is InChI=1S/C18H13N3O4S/c1-25-12-8-4-2-6-10(12)19-15(22)14-16(23)20-18-21(17(14)24)11-7-3-5-9-13(11)26-18/h2-9,23H,1H3,(H,19,22). The van der Waals surface area contributed by atoms with Gasteiger partial charge >= 0.3 is 0 Å². The van der Waals surface area contributed by atoms with Crippen molar-refractivity contribution < 1.29 is 14.6 Å². The Balaban J connectivity index is 1.87. The smallest absolute Gasteiger partial charge is 0.275 e. The second-order valence-corrected chi connectivity index (χ2v) is 6.47. The van der Waals surface area contributed by atoms with Gasteiger partial charge < -0.3 is 15.2 Å². The topological polar surface area (TPSA) is 92.9 Å². The van der Waals surface area contributed by atoms with Crippen molar-refractivity contribution in [3.8, 4) is 11.6 Å². The number of carbonyl (C=O) groups is 1. The third-order valence-corrected chi connectivity index (χ3v) is 4.94. The zero-order valence-electron chi connectivity index (χ0n) is 13.6. The summed E-state index contributed by atoms with van der Waals surface area (Å²) in [5.41, 5.74) is -0.0234. The van der Waals surface area contributed by atoms with Crippen LogP contribution in [0.25, 0.3) is 15.2 Å². The lowest BCUT2D eigenvalue weighted by Crippen LogP contribution is -2.26. The number of benzene rings is 2. The van der Waals surface area contributed by atoms with Crippen molar-refractivity contribution in [3.63, 3.8) is 0 Å². The van der Waals surface area contributed by atoms with E-state index in [0.717, 1.165) is 4.70 Å². The summed E-state index contributed by atoms with van der Waals surface area (Å²) in [6, 6.07) is 14.0. The normalized spacial score (nSPS) is 11.0. The minimum absolute atomic E-state index is 0.322. The van der Waals surface area contributed by atoms with E-state index in [-0.39, 0.29) is 0 Å². The number of aromatic nitrogens is 2. The number of hydrogen-bond acceptors (Lipinski definition) is 6. The van der Waals surface area contributed by atoms with Crippen molar-refractivity contribution >= 4 is 38.1 Å². The average Bonchev–Trinajstić information content (AvgIpc) is 3.00. The van der Waals surface area contributed by atoms with E-state index in [1.54, 1.807) is 36.4 Å². The van der Waals surface area contributed by atoms with Gasteiger partial charge in [0.1, 0.15) is 5.75 Å². The van der Waals surface area contributed by atoms with Crippen molar-refractivity contribution in [2.24, 2.45) is 0 Å². The maximum atomic E-state index is 12.9. The fraction of sp³-hybridized carbons (Fsp3) is 0.0556. The van der Waals surface area contributed by atoms with E-state index in [4.69, 9.17) is 4.74 Å². The highest BCUT2D eigenvalue weighted by molar-refractivity contribution is 7.23. The van der Waals surface area contributed by atoms with E-state index in [0.29, 0.717) is 21.9 Å². The number of ether oxygens (including phenoxy) is 1. The fourth-order valence-electron chi connectivity index (χ4n) is 2.73. The Morgan fingerprint density at radius 1 is 1.19 bits per heavy atom. The first-order chi connectivity index (χ1) is 12.6. The molecule has 2 heterocycles. The van der Waals surface area contributed by atoms with Crippen LogP contribution < -0.4 is 15.6 Å². The summed E-state index contributed by atoms with van der Waals surface area (Å²) in [5.74, 6) is -0.918. The van der Waals surface area contributed by atoms with Crippen LogP contribution in [-0.4, -0.2) is 27.5 Å². The van der Waals surface area contributed by atoms with Crippen molar-refractivity contribution in [2.45, 2.75) is 0 Å². The van der Waals surface area contributed by atoms with Crippen LogP contribution in [0.2, 0.25) is 0 Å². The fourth-order valence-corrected chi connectivity index (χ4v) is 3.74. The summed E-state index contributed by atoms with van der Waals surface area (Å²) in [6.45, 7) is 0. The molecule has 0 aliphatic heterocycles. The molecule has 8 heteroatoms. The molecular formula is C18H13N3O4S. The largest absolute Gasteiger partial charge is 0.495 e. The summed E-state index contributed by atoms with van der Waals surface area (Å²) in [4.78, 5) is 29.9. The zero-order chi connectivity index (χ0) is 18.3. The first kappa shape index (κ1) is 16.1. The number of nitrogens with zero attached hydrogens (tertiary/aromatic N) is 2. The number of fused-ring (bicyclic) bond motifs is 3. The number of rotatable bonds is 3. The Hall–Kier alpha value is -3.39. The van der Waals surface area contributed by atoms with Crippen molar-refractivity contribution in [1.29, 1.82) is 0 Å². The lowest BCUT2D eigenvalue weighted by molar-refractivity contribution is 0.102. The molecule has 1 amide bonds. The molecule has 0 atom stereocenters. The summed E-state index contributed by atoms with van der Waals surface area (Å²) in [6.07, 6.45) is 0. The maximum Gasteiger partial charge on any atom is 0.275 e. The molecule has 7 nitrogen and oxygen atoms in total. The van der Waals surface area contributed by atoms with Crippen LogP contribution in [0.1, 0.15) is 10.4 Å². The van der Waals surface area contributed by atoms with Crippen molar-refractivity contribution in [2.75, 3.05) is 12.4 Å². The number of carbonyl (C=O) groups excluding carboxylic acids is 1. The molecule has 0 radical (unpaired) electrons. The lowest BCUT2D eigenvalue weighted by Gasteiger charge is -2.10. The molecule has 2 aromatic carbocycles. The van der Waals surface area contributed by atoms with Gasteiger partial charge in [-0.1, -0.05) is 35.6 Å². The number of nitrogens with one attached hydrogen (secondary N) is 1. The van der Waals surface area contributed by atoms with Crippen molar-refractivity contribution in [3.05, 3.63) is 64.4 Å². The number of aromatic hydroxyl groups is 1. The Morgan fingerprint density at radius 3 is 2.73 bits per heavy atom. The molecule has 0 aliphatic carbocycles. The summed E-state index contributed by atoms with van der Waals surface area (Å²) >= 11 is 1.26. The van der Waals surface area contributed by atoms with Crippen LogP contribution in [0.3, 0.4) is 0 Å². The number of anilines is 1. The van der Waals surface area contributed by atoms with Crippen LogP contribution in [0, 0.1) is 0 Å². The minimum atomic E-state index is -0.755. The van der Waals surface area contributed by atoms with Gasteiger partial charge in [0.05, 0.1) is 23.0 Å². The first-order valence-electron chi connectivity index (χ1n) is 7.68. The molecule has 4 rings (SSSR count). The van der Waals surface area contributed by atoms with Gasteiger partial charge in [0, 0.05) is 0 Å². The summed E-state index contributed by atoms with van der Waals surface area (Å²) < 4.78 is 7.35. The highest BCUT2D eigenvalue weighted by Crippen LogP contribution is 2.27. The van der Waals surface area contributed by atoms with Crippen LogP contribution in [0.15, 0.2) is 53.3 Å². The van der Waals surface area contributed by atoms with Gasteiger partial charge in [-0.2, -0.15) is 4.98 Å². The quantitative estimate of drug-likeness (QED) is 0.581. The van der Waals surface area contributed by atoms with E-state index in [9.17, 15) is 14.7 Å². The molecule has 0 fully saturated rings. The van der Waals surface area contributed by atoms with E-state index in [1.165, 1.54) is 22.8 Å². The van der Waals surface area contributed by atoms with Gasteiger partial charge in [0.15, 0.2) is 5.56 Å². The van der Waals surface area contributed by atoms with E-state index in [2.05, 4.69) is 10.3 Å². The van der Waals surface area contributed by atoms with E-state index < -0.39 is 22.9 Å². The number of thiazole rings is 1. The van der Waals surface area contributed by atoms with Crippen LogP contribution in [0.4, 0.5) is 5.69 Å². The third kappa shape index (κ3) is 2.47. The first-order valence-corrected chi connectivity index (χ1v) is 8.49. The predicted octanol–water partition coefficient (Wildman–Crippen LogP) is 2.88. The van der Waals surface area contributed by atoms with Gasteiger partial charge in [-0.25, -0.2) is 0 Å². The molecule has 0 bridgehead atoms. The Bertz CT molecular complexity index is 1210. The highest BCUT2D eigenvalue weighted by Gasteiger charge is 2.22. The Kier molecular flexibility index (Phi) is 3.81. The molecular weight excluding hydrogens is 354 g/mol. The second kappa shape index (κ2) is 6.16. The molecule has 0 spiro atoms. The maximum absolute atomic E-state index is 12.9. The van der Waals surface area contributed by atoms with Crippen LogP contribution in [0.5, 0.6) is 11.6 Å². The molecule has 0 aliphatic rings. The van der Waals surface area contributed by atoms with Gasteiger partial charge in [-0.05, 0) is 24.3 Å². The molecule has 2 aromatic heterocycles. The van der Waals surface area contributed by atoms with Crippen LogP contribution >= 0.6 is 11.3 Å². The van der Waals surface area contributed by atoms with Gasteiger partial charge in [-0.3, -0.25) is 14.0 Å². The summed E-state index contributed by atoms with van der Waals surface area (Å²) in [7, 11) is 1.47. The third-order valence-electron chi connectivity index (χ3n) is 3.92. The number of methoxy groups -OCH3 is 1. The SMILES string of the molecule is COc1ccccc1NC(=O)c1c(O)nc2sc3ccccc3n2c1=O. The van der Waals surface area contributed by atoms with E-state index in [1.807, 2.05) is 12.1 Å². The lowest BCUT2D eigenvalue weighted by atomic mass is 10.2. The monoisotopic (exact) mass is 367 g/mol. The number of hydrogen-bond donors (Lipinski definition) is 2. The molecule has 26 heavy (non-hydrogen) atoms. The Morgan fingerprint density at radius 2 is 1.92 bits per heavy atom. The number of para-hydroxylation sites is 3. The predicted molar refractivity (Wildman–Crippen MR) is 99.5 cm³/mol. The molecule has 2 N–H and O–H groups in total. The molecule has 130 valence electrons. The molecule has 0 saturated heterocycles. The Labute approximate surface area is 151 Å². The average molecular weight is 367 g/mol. The minimum Gasteiger partial charge on any atom is -0.495 e. The highest BCUT2D eigenvalue weighted by atomic mass is 32.1. The van der Waals surface area contributed by atoms with Crippen molar-refractivity contribution in [1.82, 2.24) is 9.38 Å². The van der Waals surface area contributed by atoms with E-state index >= 15 is 0 Å². The zero-order valence-corrected chi connectivity index (χ0v) is 14.4.